The third-order valence-corrected chi connectivity index (χ3v) is 4.03. The van der Waals surface area contributed by atoms with Gasteiger partial charge < -0.3 is 9.88 Å². The first-order chi connectivity index (χ1) is 10.2. The molecule has 0 spiro atoms. The van der Waals surface area contributed by atoms with Crippen LogP contribution in [-0.2, 0) is 24.7 Å². The Bertz CT molecular complexity index is 701. The van der Waals surface area contributed by atoms with Crippen molar-refractivity contribution in [2.45, 2.75) is 25.7 Å². The highest BCUT2D eigenvalue weighted by atomic mass is 16.2. The number of ketones is 1. The number of amides is 1. The van der Waals surface area contributed by atoms with E-state index in [1.807, 2.05) is 12.1 Å². The van der Waals surface area contributed by atoms with E-state index in [1.54, 1.807) is 29.9 Å². The lowest BCUT2D eigenvalue weighted by atomic mass is 9.90. The van der Waals surface area contributed by atoms with Gasteiger partial charge in [-0.3, -0.25) is 9.59 Å². The number of fused-ring (bicyclic) bond motifs is 1. The summed E-state index contributed by atoms with van der Waals surface area (Å²) in [6.07, 6.45) is 6.08. The van der Waals surface area contributed by atoms with Crippen molar-refractivity contribution in [1.29, 1.82) is 0 Å². The highest BCUT2D eigenvalue weighted by molar-refractivity contribution is 6.46. The molecule has 0 bridgehead atoms. The summed E-state index contributed by atoms with van der Waals surface area (Å²) in [4.78, 5) is 24.3. The second kappa shape index (κ2) is 5.56. The third-order valence-electron chi connectivity index (χ3n) is 4.03. The van der Waals surface area contributed by atoms with Gasteiger partial charge in [-0.25, -0.2) is 0 Å². The van der Waals surface area contributed by atoms with Crippen LogP contribution in [0.3, 0.4) is 0 Å². The Morgan fingerprint density at radius 1 is 1.10 bits per heavy atom. The van der Waals surface area contributed by atoms with Crippen LogP contribution in [0.15, 0.2) is 36.5 Å². The van der Waals surface area contributed by atoms with Gasteiger partial charge in [-0.05, 0) is 55.0 Å². The van der Waals surface area contributed by atoms with Crippen LogP contribution in [-0.4, -0.2) is 16.3 Å². The Kier molecular flexibility index (Phi) is 3.60. The van der Waals surface area contributed by atoms with Crippen LogP contribution in [0, 0.1) is 0 Å². The van der Waals surface area contributed by atoms with Crippen molar-refractivity contribution < 1.29 is 9.59 Å². The quantitative estimate of drug-likeness (QED) is 0.695. The summed E-state index contributed by atoms with van der Waals surface area (Å²) in [5.41, 5.74) is 3.64. The molecule has 108 valence electrons. The number of carbonyl (C=O) groups is 2. The maximum Gasteiger partial charge on any atom is 0.298 e. The number of carbonyl (C=O) groups excluding carboxylic acids is 2. The van der Waals surface area contributed by atoms with E-state index in [2.05, 4.69) is 11.4 Å². The number of aromatic nitrogens is 1. The second-order valence-corrected chi connectivity index (χ2v) is 5.44. The molecule has 0 saturated carbocycles. The normalized spacial score (nSPS) is 13.6. The summed E-state index contributed by atoms with van der Waals surface area (Å²) in [6, 6.07) is 9.32. The first kappa shape index (κ1) is 13.6. The number of nitrogens with zero attached hydrogens (tertiary/aromatic N) is 1. The monoisotopic (exact) mass is 282 g/mol. The molecule has 0 unspecified atom stereocenters. The number of aryl methyl sites for hydroxylation is 2. The van der Waals surface area contributed by atoms with Crippen LogP contribution in [0.4, 0.5) is 5.69 Å². The van der Waals surface area contributed by atoms with Crippen molar-refractivity contribution >= 4 is 17.4 Å². The van der Waals surface area contributed by atoms with E-state index in [1.165, 1.54) is 17.5 Å². The van der Waals surface area contributed by atoms with E-state index in [9.17, 15) is 9.59 Å². The molecule has 0 atom stereocenters. The first-order valence-corrected chi connectivity index (χ1v) is 7.24. The van der Waals surface area contributed by atoms with Gasteiger partial charge in [0.2, 0.25) is 0 Å². The molecule has 1 amide bonds. The summed E-state index contributed by atoms with van der Waals surface area (Å²) < 4.78 is 1.66. The Morgan fingerprint density at radius 3 is 2.67 bits per heavy atom. The lowest BCUT2D eigenvalue weighted by Gasteiger charge is -2.19. The van der Waals surface area contributed by atoms with Gasteiger partial charge in [0.05, 0.1) is 5.69 Å². The molecule has 0 saturated heterocycles. The largest absolute Gasteiger partial charge is 0.348 e. The molecule has 0 fully saturated rings. The predicted molar refractivity (Wildman–Crippen MR) is 81.5 cm³/mol. The van der Waals surface area contributed by atoms with Crippen molar-refractivity contribution in [1.82, 2.24) is 4.57 Å². The first-order valence-electron chi connectivity index (χ1n) is 7.24. The van der Waals surface area contributed by atoms with Gasteiger partial charge >= 0.3 is 0 Å². The molecule has 4 heteroatoms. The van der Waals surface area contributed by atoms with Crippen molar-refractivity contribution in [2.75, 3.05) is 5.32 Å². The molecule has 1 aromatic heterocycles. The topological polar surface area (TPSA) is 51.1 Å². The summed E-state index contributed by atoms with van der Waals surface area (Å²) in [7, 11) is 1.75. The van der Waals surface area contributed by atoms with Gasteiger partial charge in [-0.15, -0.1) is 0 Å². The molecule has 2 aromatic rings. The number of anilines is 1. The number of hydrogen-bond acceptors (Lipinski definition) is 2. The molecule has 1 aromatic carbocycles. The van der Waals surface area contributed by atoms with Crippen molar-refractivity contribution in [3.8, 4) is 0 Å². The molecule has 21 heavy (non-hydrogen) atoms. The summed E-state index contributed by atoms with van der Waals surface area (Å²) >= 11 is 0. The predicted octanol–water partition coefficient (Wildman–Crippen LogP) is 2.73. The molecule has 0 aliphatic heterocycles. The molecule has 3 rings (SSSR count). The Labute approximate surface area is 123 Å². The van der Waals surface area contributed by atoms with Crippen LogP contribution in [0.5, 0.6) is 0 Å². The van der Waals surface area contributed by atoms with Gasteiger partial charge in [-0.1, -0.05) is 12.1 Å². The van der Waals surface area contributed by atoms with Gasteiger partial charge in [0.1, 0.15) is 0 Å². The van der Waals surface area contributed by atoms with Crippen LogP contribution < -0.4 is 5.32 Å². The zero-order valence-electron chi connectivity index (χ0n) is 12.1. The van der Waals surface area contributed by atoms with Gasteiger partial charge in [0.25, 0.3) is 11.7 Å². The van der Waals surface area contributed by atoms with Gasteiger partial charge in [-0.2, -0.15) is 0 Å². The smallest absolute Gasteiger partial charge is 0.298 e. The fourth-order valence-corrected chi connectivity index (χ4v) is 2.89. The Morgan fingerprint density at radius 2 is 1.90 bits per heavy atom. The zero-order chi connectivity index (χ0) is 14.8. The van der Waals surface area contributed by atoms with E-state index < -0.39 is 11.7 Å². The number of benzene rings is 1. The number of hydrogen-bond donors (Lipinski definition) is 1. The number of Topliss-reactive ketones (excluding diaryl/α,β-unsaturated/α-hetero) is 1. The number of rotatable bonds is 3. The molecule has 1 N–H and O–H groups in total. The maximum absolute atomic E-state index is 12.2. The number of nitrogens with one attached hydrogen (secondary N) is 1. The van der Waals surface area contributed by atoms with Gasteiger partial charge in [0, 0.05) is 18.9 Å². The Balaban J connectivity index is 1.82. The lowest BCUT2D eigenvalue weighted by Crippen LogP contribution is -2.25. The molecule has 1 heterocycles. The average molecular weight is 282 g/mol. The third kappa shape index (κ3) is 2.61. The van der Waals surface area contributed by atoms with Crippen LogP contribution in [0.1, 0.15) is 34.5 Å². The standard InChI is InChI=1S/C17H18N2O2/c1-19-11-5-10-15(19)16(20)17(21)18-14-9-4-7-12-6-2-3-8-13(12)14/h4-5,7,9-11H,2-3,6,8H2,1H3,(H,18,21). The van der Waals surface area contributed by atoms with Crippen molar-refractivity contribution in [3.63, 3.8) is 0 Å². The highest BCUT2D eigenvalue weighted by Gasteiger charge is 2.21. The minimum Gasteiger partial charge on any atom is -0.348 e. The minimum atomic E-state index is -0.573. The van der Waals surface area contributed by atoms with Gasteiger partial charge in [0.15, 0.2) is 0 Å². The minimum absolute atomic E-state index is 0.400. The van der Waals surface area contributed by atoms with Crippen LogP contribution in [0.2, 0.25) is 0 Å². The van der Waals surface area contributed by atoms with Crippen molar-refractivity contribution in [3.05, 3.63) is 53.3 Å². The fraction of sp³-hybridized carbons (Fsp3) is 0.294. The Hall–Kier alpha value is -2.36. The van der Waals surface area contributed by atoms with E-state index in [4.69, 9.17) is 0 Å². The van der Waals surface area contributed by atoms with E-state index >= 15 is 0 Å². The van der Waals surface area contributed by atoms with E-state index in [0.717, 1.165) is 24.9 Å². The fourth-order valence-electron chi connectivity index (χ4n) is 2.89. The van der Waals surface area contributed by atoms with E-state index in [0.29, 0.717) is 5.69 Å². The molecule has 0 radical (unpaired) electrons. The van der Waals surface area contributed by atoms with E-state index in [-0.39, 0.29) is 0 Å². The summed E-state index contributed by atoms with van der Waals surface area (Å²) in [5.74, 6) is -1.08. The molecule has 1 aliphatic carbocycles. The molecular formula is C17H18N2O2. The molecule has 4 nitrogen and oxygen atoms in total. The van der Waals surface area contributed by atoms with Crippen LogP contribution >= 0.6 is 0 Å². The lowest BCUT2D eigenvalue weighted by molar-refractivity contribution is -0.112. The highest BCUT2D eigenvalue weighted by Crippen LogP contribution is 2.27. The SMILES string of the molecule is Cn1cccc1C(=O)C(=O)Nc1cccc2c1CCCC2. The summed E-state index contributed by atoms with van der Waals surface area (Å²) in [6.45, 7) is 0. The zero-order valence-corrected chi connectivity index (χ0v) is 12.1. The maximum atomic E-state index is 12.2. The average Bonchev–Trinajstić information content (AvgIpc) is 2.93. The molecule has 1 aliphatic rings. The molecular weight excluding hydrogens is 264 g/mol. The van der Waals surface area contributed by atoms with Crippen LogP contribution in [0.25, 0.3) is 0 Å². The second-order valence-electron chi connectivity index (χ2n) is 5.44. The summed E-state index contributed by atoms with van der Waals surface area (Å²) in [5, 5.41) is 2.78. The van der Waals surface area contributed by atoms with Crippen molar-refractivity contribution in [2.24, 2.45) is 7.05 Å².